The summed E-state index contributed by atoms with van der Waals surface area (Å²) in [6, 6.07) is 8.34. The van der Waals surface area contributed by atoms with Crippen molar-refractivity contribution in [2.24, 2.45) is 5.92 Å². The van der Waals surface area contributed by atoms with E-state index in [1.807, 2.05) is 21.3 Å². The molecule has 1 aromatic heterocycles. The maximum Gasteiger partial charge on any atom is 0.329 e. The van der Waals surface area contributed by atoms with Gasteiger partial charge in [0.2, 0.25) is 0 Å². The Hall–Kier alpha value is -1.55. The molecule has 0 atom stereocenters. The van der Waals surface area contributed by atoms with Crippen LogP contribution in [0.15, 0.2) is 29.1 Å². The van der Waals surface area contributed by atoms with Crippen LogP contribution in [0.25, 0.3) is 11.0 Å². The first-order valence-electron chi connectivity index (χ1n) is 7.59. The van der Waals surface area contributed by atoms with Crippen LogP contribution in [0.2, 0.25) is 0 Å². The number of para-hydroxylation sites is 2. The summed E-state index contributed by atoms with van der Waals surface area (Å²) in [5, 5.41) is 3.38. The number of nitrogens with zero attached hydrogens (tertiary/aromatic N) is 2. The van der Waals surface area contributed by atoms with E-state index in [1.165, 1.54) is 0 Å². The zero-order valence-corrected chi connectivity index (χ0v) is 12.3. The van der Waals surface area contributed by atoms with E-state index in [-0.39, 0.29) is 11.7 Å². The Balaban J connectivity index is 2.05. The highest BCUT2D eigenvalue weighted by atomic mass is 16.1. The van der Waals surface area contributed by atoms with Gasteiger partial charge >= 0.3 is 5.69 Å². The van der Waals surface area contributed by atoms with Gasteiger partial charge in [-0.1, -0.05) is 12.1 Å². The van der Waals surface area contributed by atoms with Gasteiger partial charge in [-0.3, -0.25) is 9.13 Å². The molecule has 20 heavy (non-hydrogen) atoms. The molecule has 0 aliphatic carbocycles. The predicted octanol–water partition coefficient (Wildman–Crippen LogP) is 2.38. The molecule has 0 spiro atoms. The summed E-state index contributed by atoms with van der Waals surface area (Å²) in [6.07, 6.45) is 2.32. The molecule has 0 bridgehead atoms. The van der Waals surface area contributed by atoms with Crippen molar-refractivity contribution in [1.29, 1.82) is 0 Å². The molecular weight excluding hydrogens is 250 g/mol. The highest BCUT2D eigenvalue weighted by Gasteiger charge is 2.19. The lowest BCUT2D eigenvalue weighted by atomic mass is 9.98. The second-order valence-electron chi connectivity index (χ2n) is 6.04. The van der Waals surface area contributed by atoms with Crippen LogP contribution in [0, 0.1) is 5.92 Å². The molecule has 1 aliphatic rings. The van der Waals surface area contributed by atoms with Gasteiger partial charge in [0.05, 0.1) is 11.0 Å². The van der Waals surface area contributed by atoms with Crippen molar-refractivity contribution in [1.82, 2.24) is 14.5 Å². The average Bonchev–Trinajstić information content (AvgIpc) is 2.73. The molecule has 0 unspecified atom stereocenters. The lowest BCUT2D eigenvalue weighted by molar-refractivity contribution is 0.331. The SMILES string of the molecule is CC(C)n1c(=O)n(CC2CCNCC2)c2ccccc21. The third-order valence-electron chi connectivity index (χ3n) is 4.28. The molecule has 4 heteroatoms. The van der Waals surface area contributed by atoms with Gasteiger partial charge in [-0.05, 0) is 57.8 Å². The molecule has 108 valence electrons. The highest BCUT2D eigenvalue weighted by Crippen LogP contribution is 2.20. The summed E-state index contributed by atoms with van der Waals surface area (Å²) in [6.45, 7) is 7.14. The molecule has 2 heterocycles. The smallest absolute Gasteiger partial charge is 0.317 e. The van der Waals surface area contributed by atoms with Crippen LogP contribution in [0.3, 0.4) is 0 Å². The minimum absolute atomic E-state index is 0.139. The minimum Gasteiger partial charge on any atom is -0.317 e. The van der Waals surface area contributed by atoms with E-state index in [0.29, 0.717) is 5.92 Å². The van der Waals surface area contributed by atoms with Crippen LogP contribution in [0.4, 0.5) is 0 Å². The number of nitrogens with one attached hydrogen (secondary N) is 1. The van der Waals surface area contributed by atoms with Crippen LogP contribution < -0.4 is 11.0 Å². The Morgan fingerprint density at radius 3 is 2.50 bits per heavy atom. The monoisotopic (exact) mass is 273 g/mol. The Labute approximate surface area is 119 Å². The summed E-state index contributed by atoms with van der Waals surface area (Å²) >= 11 is 0. The molecular formula is C16H23N3O. The molecule has 0 radical (unpaired) electrons. The van der Waals surface area contributed by atoms with Gasteiger partial charge in [0, 0.05) is 12.6 Å². The quantitative estimate of drug-likeness (QED) is 0.932. The first kappa shape index (κ1) is 13.4. The van der Waals surface area contributed by atoms with Gasteiger partial charge in [-0.2, -0.15) is 0 Å². The number of hydrogen-bond donors (Lipinski definition) is 1. The number of benzene rings is 1. The van der Waals surface area contributed by atoms with Crippen molar-refractivity contribution in [2.45, 2.75) is 39.3 Å². The maximum atomic E-state index is 12.7. The highest BCUT2D eigenvalue weighted by molar-refractivity contribution is 5.76. The fourth-order valence-electron chi connectivity index (χ4n) is 3.23. The Kier molecular flexibility index (Phi) is 3.66. The zero-order valence-electron chi connectivity index (χ0n) is 12.3. The van der Waals surface area contributed by atoms with E-state index in [4.69, 9.17) is 0 Å². The largest absolute Gasteiger partial charge is 0.329 e. The van der Waals surface area contributed by atoms with Crippen LogP contribution >= 0.6 is 0 Å². The molecule has 1 N–H and O–H groups in total. The van der Waals surface area contributed by atoms with Gasteiger partial charge in [-0.15, -0.1) is 0 Å². The van der Waals surface area contributed by atoms with Crippen molar-refractivity contribution >= 4 is 11.0 Å². The summed E-state index contributed by atoms with van der Waals surface area (Å²) < 4.78 is 3.89. The third-order valence-corrected chi connectivity index (χ3v) is 4.28. The van der Waals surface area contributed by atoms with E-state index < -0.39 is 0 Å². The normalized spacial score (nSPS) is 17.1. The van der Waals surface area contributed by atoms with Crippen molar-refractivity contribution in [2.75, 3.05) is 13.1 Å². The number of rotatable bonds is 3. The Bertz CT molecular complexity index is 647. The molecule has 0 amide bonds. The fourth-order valence-corrected chi connectivity index (χ4v) is 3.23. The molecule has 1 fully saturated rings. The molecule has 0 saturated carbocycles. The second kappa shape index (κ2) is 5.44. The van der Waals surface area contributed by atoms with E-state index >= 15 is 0 Å². The molecule has 1 aromatic carbocycles. The van der Waals surface area contributed by atoms with E-state index in [9.17, 15) is 4.79 Å². The lowest BCUT2D eigenvalue weighted by Gasteiger charge is -2.22. The summed E-state index contributed by atoms with van der Waals surface area (Å²) in [4.78, 5) is 12.7. The average molecular weight is 273 g/mol. The number of imidazole rings is 1. The van der Waals surface area contributed by atoms with Gasteiger partial charge in [0.25, 0.3) is 0 Å². The van der Waals surface area contributed by atoms with E-state index in [2.05, 4.69) is 31.3 Å². The standard InChI is InChI=1S/C16H23N3O/c1-12(2)19-15-6-4-3-5-14(15)18(16(19)20)11-13-7-9-17-10-8-13/h3-6,12-13,17H,7-11H2,1-2H3. The first-order valence-corrected chi connectivity index (χ1v) is 7.59. The van der Waals surface area contributed by atoms with E-state index in [1.54, 1.807) is 0 Å². The molecule has 1 aliphatic heterocycles. The molecule has 4 nitrogen and oxygen atoms in total. The summed E-state index contributed by atoms with van der Waals surface area (Å²) in [5.74, 6) is 0.611. The second-order valence-corrected chi connectivity index (χ2v) is 6.04. The number of fused-ring (bicyclic) bond motifs is 1. The van der Waals surface area contributed by atoms with E-state index in [0.717, 1.165) is 43.5 Å². The number of aromatic nitrogens is 2. The first-order chi connectivity index (χ1) is 9.68. The third kappa shape index (κ3) is 2.29. The van der Waals surface area contributed by atoms with Crippen LogP contribution in [0.1, 0.15) is 32.7 Å². The topological polar surface area (TPSA) is 39.0 Å². The van der Waals surface area contributed by atoms with Crippen LogP contribution in [0.5, 0.6) is 0 Å². The summed E-state index contributed by atoms with van der Waals surface area (Å²) in [7, 11) is 0. The number of hydrogen-bond acceptors (Lipinski definition) is 2. The molecule has 1 saturated heterocycles. The van der Waals surface area contributed by atoms with Crippen molar-refractivity contribution in [3.63, 3.8) is 0 Å². The summed E-state index contributed by atoms with van der Waals surface area (Å²) in [5.41, 5.74) is 2.27. The Morgan fingerprint density at radius 1 is 1.20 bits per heavy atom. The minimum atomic E-state index is 0.139. The molecule has 2 aromatic rings. The zero-order chi connectivity index (χ0) is 14.1. The van der Waals surface area contributed by atoms with Crippen LogP contribution in [-0.2, 0) is 6.54 Å². The van der Waals surface area contributed by atoms with Gasteiger partial charge in [0.1, 0.15) is 0 Å². The molecule has 3 rings (SSSR count). The fraction of sp³-hybridized carbons (Fsp3) is 0.562. The van der Waals surface area contributed by atoms with Gasteiger partial charge in [-0.25, -0.2) is 4.79 Å². The van der Waals surface area contributed by atoms with Gasteiger partial charge < -0.3 is 5.32 Å². The number of piperidine rings is 1. The van der Waals surface area contributed by atoms with Crippen molar-refractivity contribution in [3.8, 4) is 0 Å². The van der Waals surface area contributed by atoms with Crippen LogP contribution in [-0.4, -0.2) is 22.2 Å². The van der Waals surface area contributed by atoms with Crippen molar-refractivity contribution < 1.29 is 0 Å². The van der Waals surface area contributed by atoms with Gasteiger partial charge in [0.15, 0.2) is 0 Å². The lowest BCUT2D eigenvalue weighted by Crippen LogP contribution is -2.33. The Morgan fingerprint density at radius 2 is 1.85 bits per heavy atom. The van der Waals surface area contributed by atoms with Crippen molar-refractivity contribution in [3.05, 3.63) is 34.7 Å². The predicted molar refractivity (Wildman–Crippen MR) is 82.2 cm³/mol. The maximum absolute atomic E-state index is 12.7.